The molecule has 0 heterocycles. The van der Waals surface area contributed by atoms with Crippen molar-refractivity contribution in [2.75, 3.05) is 9.80 Å². The summed E-state index contributed by atoms with van der Waals surface area (Å²) in [6.45, 7) is 0. The molecule has 0 aromatic heterocycles. The quantitative estimate of drug-likeness (QED) is 0.159. The second-order valence-corrected chi connectivity index (χ2v) is 16.0. The van der Waals surface area contributed by atoms with Gasteiger partial charge >= 0.3 is 0 Å². The fourth-order valence-electron chi connectivity index (χ4n) is 10.3. The highest BCUT2D eigenvalue weighted by molar-refractivity contribution is 6.03. The van der Waals surface area contributed by atoms with Crippen molar-refractivity contribution in [3.63, 3.8) is 0 Å². The van der Waals surface area contributed by atoms with Gasteiger partial charge in [0.2, 0.25) is 0 Å². The van der Waals surface area contributed by atoms with Crippen LogP contribution >= 0.6 is 0 Å². The summed E-state index contributed by atoms with van der Waals surface area (Å²) in [5, 5.41) is 2.43. The molecule has 1 spiro atoms. The van der Waals surface area contributed by atoms with Crippen molar-refractivity contribution in [2.24, 2.45) is 0 Å². The number of hydrogen-bond acceptors (Lipinski definition) is 2. The fraction of sp³-hybridized carbons (Fsp3) is 0.0169. The lowest BCUT2D eigenvalue weighted by Gasteiger charge is -2.33. The highest BCUT2D eigenvalue weighted by atomic mass is 15.2. The molecule has 12 rings (SSSR count). The molecule has 286 valence electrons. The zero-order valence-electron chi connectivity index (χ0n) is 33.5. The van der Waals surface area contributed by atoms with Gasteiger partial charge in [-0.1, -0.05) is 182 Å². The predicted molar refractivity (Wildman–Crippen MR) is 255 cm³/mol. The molecule has 0 saturated carbocycles. The van der Waals surface area contributed by atoms with Crippen LogP contribution in [0.5, 0.6) is 0 Å². The number of para-hydroxylation sites is 2. The SMILES string of the molecule is c1ccc(-c2ccc(N(c3ccccc3)c3cccc4c3-c3ccccc3[C@@]43c4ccccc4-c4ccc(N(c5ccccc5)c5cccc6ccccc56)cc43)cc2)cc1. The van der Waals surface area contributed by atoms with E-state index in [2.05, 4.69) is 252 Å². The van der Waals surface area contributed by atoms with Gasteiger partial charge in [0, 0.05) is 33.7 Å². The highest BCUT2D eigenvalue weighted by Gasteiger charge is 2.52. The Hall–Kier alpha value is -7.94. The number of fused-ring (bicyclic) bond motifs is 11. The first-order valence-corrected chi connectivity index (χ1v) is 21.1. The van der Waals surface area contributed by atoms with Crippen molar-refractivity contribution in [2.45, 2.75) is 5.41 Å². The smallest absolute Gasteiger partial charge is 0.0727 e. The predicted octanol–water partition coefficient (Wildman–Crippen LogP) is 15.8. The Bertz CT molecular complexity index is 3240. The molecule has 61 heavy (non-hydrogen) atoms. The van der Waals surface area contributed by atoms with Gasteiger partial charge in [-0.15, -0.1) is 0 Å². The average Bonchev–Trinajstić information content (AvgIpc) is 3.81. The van der Waals surface area contributed by atoms with Crippen LogP contribution in [-0.4, -0.2) is 0 Å². The largest absolute Gasteiger partial charge is 0.310 e. The maximum Gasteiger partial charge on any atom is 0.0727 e. The minimum absolute atomic E-state index is 0.551. The summed E-state index contributed by atoms with van der Waals surface area (Å²) in [4.78, 5) is 4.88. The van der Waals surface area contributed by atoms with Gasteiger partial charge in [-0.3, -0.25) is 0 Å². The van der Waals surface area contributed by atoms with Gasteiger partial charge in [0.05, 0.1) is 16.8 Å². The first-order chi connectivity index (χ1) is 30.3. The first kappa shape index (κ1) is 35.0. The summed E-state index contributed by atoms with van der Waals surface area (Å²) < 4.78 is 0. The Morgan fingerprint density at radius 1 is 0.279 bits per heavy atom. The van der Waals surface area contributed by atoms with Gasteiger partial charge in [0.1, 0.15) is 0 Å². The van der Waals surface area contributed by atoms with E-state index in [9.17, 15) is 0 Å². The van der Waals surface area contributed by atoms with Crippen LogP contribution in [0.3, 0.4) is 0 Å². The Kier molecular flexibility index (Phi) is 8.11. The Morgan fingerprint density at radius 2 is 0.754 bits per heavy atom. The van der Waals surface area contributed by atoms with Crippen LogP contribution < -0.4 is 9.80 Å². The topological polar surface area (TPSA) is 6.48 Å². The minimum atomic E-state index is -0.551. The molecule has 0 bridgehead atoms. The summed E-state index contributed by atoms with van der Waals surface area (Å²) in [7, 11) is 0. The molecule has 10 aromatic rings. The van der Waals surface area contributed by atoms with Crippen LogP contribution in [0.15, 0.2) is 243 Å². The van der Waals surface area contributed by atoms with E-state index in [1.807, 2.05) is 0 Å². The van der Waals surface area contributed by atoms with E-state index in [0.717, 1.165) is 34.1 Å². The van der Waals surface area contributed by atoms with Crippen molar-refractivity contribution < 1.29 is 0 Å². The molecule has 0 fully saturated rings. The van der Waals surface area contributed by atoms with E-state index in [1.165, 1.54) is 66.4 Å². The van der Waals surface area contributed by atoms with Crippen LogP contribution in [0.1, 0.15) is 22.3 Å². The van der Waals surface area contributed by atoms with Crippen LogP contribution in [0, 0.1) is 0 Å². The fourth-order valence-corrected chi connectivity index (χ4v) is 10.3. The van der Waals surface area contributed by atoms with Crippen molar-refractivity contribution >= 4 is 44.9 Å². The number of benzene rings is 10. The van der Waals surface area contributed by atoms with Crippen molar-refractivity contribution in [1.29, 1.82) is 0 Å². The van der Waals surface area contributed by atoms with E-state index in [4.69, 9.17) is 0 Å². The summed E-state index contributed by atoms with van der Waals surface area (Å²) in [6, 6.07) is 89.0. The maximum absolute atomic E-state index is 2.49. The first-order valence-electron chi connectivity index (χ1n) is 21.1. The third kappa shape index (κ3) is 5.36. The summed E-state index contributed by atoms with van der Waals surface area (Å²) in [5.41, 5.74) is 18.9. The molecule has 2 heteroatoms. The molecule has 0 N–H and O–H groups in total. The normalized spacial score (nSPS) is 14.3. The second-order valence-electron chi connectivity index (χ2n) is 16.0. The van der Waals surface area contributed by atoms with E-state index in [-0.39, 0.29) is 0 Å². The summed E-state index contributed by atoms with van der Waals surface area (Å²) in [5.74, 6) is 0. The Balaban J connectivity index is 1.11. The highest BCUT2D eigenvalue weighted by Crippen LogP contribution is 2.65. The molecule has 0 amide bonds. The lowest BCUT2D eigenvalue weighted by Crippen LogP contribution is -2.26. The number of anilines is 6. The van der Waals surface area contributed by atoms with Crippen molar-refractivity contribution in [3.05, 3.63) is 265 Å². The zero-order chi connectivity index (χ0) is 40.3. The Morgan fingerprint density at radius 3 is 1.49 bits per heavy atom. The van der Waals surface area contributed by atoms with Crippen molar-refractivity contribution in [3.8, 4) is 33.4 Å². The second kappa shape index (κ2) is 14.1. The molecule has 2 nitrogen and oxygen atoms in total. The molecule has 2 aliphatic rings. The van der Waals surface area contributed by atoms with Crippen LogP contribution in [-0.2, 0) is 5.41 Å². The number of nitrogens with zero attached hydrogens (tertiary/aromatic N) is 2. The molecule has 0 unspecified atom stereocenters. The lowest BCUT2D eigenvalue weighted by molar-refractivity contribution is 0.793. The third-order valence-electron chi connectivity index (χ3n) is 12.8. The van der Waals surface area contributed by atoms with Gasteiger partial charge in [0.25, 0.3) is 0 Å². The number of rotatable bonds is 7. The van der Waals surface area contributed by atoms with Crippen LogP contribution in [0.25, 0.3) is 44.2 Å². The monoisotopic (exact) mass is 776 g/mol. The van der Waals surface area contributed by atoms with Crippen LogP contribution in [0.4, 0.5) is 34.1 Å². The molecule has 0 aliphatic heterocycles. The van der Waals surface area contributed by atoms with Crippen LogP contribution in [0.2, 0.25) is 0 Å². The number of hydrogen-bond donors (Lipinski definition) is 0. The van der Waals surface area contributed by atoms with E-state index in [0.29, 0.717) is 0 Å². The molecule has 1 atom stereocenters. The van der Waals surface area contributed by atoms with Gasteiger partial charge in [-0.2, -0.15) is 0 Å². The van der Waals surface area contributed by atoms with Gasteiger partial charge < -0.3 is 9.80 Å². The summed E-state index contributed by atoms with van der Waals surface area (Å²) >= 11 is 0. The van der Waals surface area contributed by atoms with Gasteiger partial charge in [-0.25, -0.2) is 0 Å². The Labute approximate surface area is 356 Å². The molecule has 0 radical (unpaired) electrons. The standard InChI is InChI=1S/C59H40N2/c1-4-18-41(19-5-1)42-34-36-46(37-35-42)60(44-22-6-2-7-23-44)57-33-17-31-54-58(57)51-28-13-15-30-53(51)59(54)52-29-14-12-27-49(52)50-39-38-47(40-55(50)59)61(45-24-8-3-9-25-45)56-32-16-21-43-20-10-11-26-48(43)56/h1-40H/t59-/m0/s1. The van der Waals surface area contributed by atoms with E-state index in [1.54, 1.807) is 0 Å². The van der Waals surface area contributed by atoms with Gasteiger partial charge in [-0.05, 0) is 116 Å². The van der Waals surface area contributed by atoms with Crippen molar-refractivity contribution in [1.82, 2.24) is 0 Å². The average molecular weight is 777 g/mol. The molecular formula is C59H40N2. The summed E-state index contributed by atoms with van der Waals surface area (Å²) in [6.07, 6.45) is 0. The van der Waals surface area contributed by atoms with E-state index >= 15 is 0 Å². The maximum atomic E-state index is 2.49. The molecular weight excluding hydrogens is 737 g/mol. The zero-order valence-corrected chi connectivity index (χ0v) is 33.5. The molecule has 10 aromatic carbocycles. The minimum Gasteiger partial charge on any atom is -0.310 e. The van der Waals surface area contributed by atoms with E-state index < -0.39 is 5.41 Å². The lowest BCUT2D eigenvalue weighted by atomic mass is 9.70. The van der Waals surface area contributed by atoms with Gasteiger partial charge in [0.15, 0.2) is 0 Å². The molecule has 2 aliphatic carbocycles. The molecule has 0 saturated heterocycles. The third-order valence-corrected chi connectivity index (χ3v) is 12.8.